The number of aryl methyl sites for hydroxylation is 1. The summed E-state index contributed by atoms with van der Waals surface area (Å²) in [4.78, 5) is 23.7. The lowest BCUT2D eigenvalue weighted by Gasteiger charge is -2.19. The topological polar surface area (TPSA) is 103 Å². The molecule has 140 valence electrons. The summed E-state index contributed by atoms with van der Waals surface area (Å²) in [5.74, 6) is -0.492. The first-order valence-corrected chi connectivity index (χ1v) is 8.32. The van der Waals surface area contributed by atoms with E-state index in [1.807, 2.05) is 32.0 Å². The van der Waals surface area contributed by atoms with E-state index in [4.69, 9.17) is 10.00 Å². The van der Waals surface area contributed by atoms with E-state index in [1.165, 1.54) is 6.20 Å². The molecule has 1 aromatic rings. The van der Waals surface area contributed by atoms with Gasteiger partial charge in [-0.3, -0.25) is 4.79 Å². The number of rotatable bonds is 6. The minimum absolute atomic E-state index is 0.0526. The average molecular weight is 358 g/mol. The Morgan fingerprint density at radius 3 is 2.54 bits per heavy atom. The highest BCUT2D eigenvalue weighted by molar-refractivity contribution is 6.06. The van der Waals surface area contributed by atoms with Crippen molar-refractivity contribution in [2.75, 3.05) is 18.4 Å². The predicted octanol–water partition coefficient (Wildman–Crippen LogP) is 2.76. The predicted molar refractivity (Wildman–Crippen MR) is 100 cm³/mol. The van der Waals surface area contributed by atoms with Crippen LogP contribution in [-0.2, 0) is 9.53 Å². The van der Waals surface area contributed by atoms with Crippen LogP contribution in [0.2, 0.25) is 0 Å². The summed E-state index contributed by atoms with van der Waals surface area (Å²) < 4.78 is 5.10. The second kappa shape index (κ2) is 9.47. The second-order valence-electron chi connectivity index (χ2n) is 6.75. The maximum absolute atomic E-state index is 12.2. The smallest absolute Gasteiger partial charge is 0.407 e. The van der Waals surface area contributed by atoms with E-state index in [-0.39, 0.29) is 5.57 Å². The summed E-state index contributed by atoms with van der Waals surface area (Å²) in [7, 11) is 0. The van der Waals surface area contributed by atoms with Crippen molar-refractivity contribution in [2.45, 2.75) is 40.2 Å². The highest BCUT2D eigenvalue weighted by Gasteiger charge is 2.15. The van der Waals surface area contributed by atoms with Crippen LogP contribution in [-0.4, -0.2) is 30.7 Å². The number of ether oxygens (including phenoxy) is 1. The van der Waals surface area contributed by atoms with Crippen LogP contribution in [0.4, 0.5) is 10.5 Å². The van der Waals surface area contributed by atoms with Crippen molar-refractivity contribution in [1.82, 2.24) is 10.6 Å². The third-order valence-electron chi connectivity index (χ3n) is 3.40. The highest BCUT2D eigenvalue weighted by Crippen LogP contribution is 2.18. The molecule has 0 unspecified atom stereocenters. The Labute approximate surface area is 154 Å². The first-order chi connectivity index (χ1) is 12.1. The molecule has 0 aliphatic heterocycles. The number of carbonyl (C=O) groups is 2. The number of alkyl carbamates (subject to hydrolysis) is 1. The van der Waals surface area contributed by atoms with Crippen LogP contribution in [0, 0.1) is 25.2 Å². The number of nitriles is 1. The van der Waals surface area contributed by atoms with Crippen LogP contribution in [0.1, 0.15) is 31.9 Å². The summed E-state index contributed by atoms with van der Waals surface area (Å²) >= 11 is 0. The van der Waals surface area contributed by atoms with Gasteiger partial charge in [0, 0.05) is 25.0 Å². The van der Waals surface area contributed by atoms with E-state index < -0.39 is 17.6 Å². The molecule has 1 aromatic carbocycles. The molecule has 7 heteroatoms. The third kappa shape index (κ3) is 7.26. The lowest BCUT2D eigenvalue weighted by molar-refractivity contribution is -0.112. The van der Waals surface area contributed by atoms with Gasteiger partial charge in [-0.05, 0) is 51.8 Å². The second-order valence-corrected chi connectivity index (χ2v) is 6.75. The number of amides is 2. The lowest BCUT2D eigenvalue weighted by atomic mass is 10.1. The molecule has 0 aromatic heterocycles. The van der Waals surface area contributed by atoms with Crippen molar-refractivity contribution in [3.63, 3.8) is 0 Å². The van der Waals surface area contributed by atoms with E-state index in [2.05, 4.69) is 16.0 Å². The Kier molecular flexibility index (Phi) is 7.66. The van der Waals surface area contributed by atoms with Crippen LogP contribution in [0.25, 0.3) is 0 Å². The van der Waals surface area contributed by atoms with Gasteiger partial charge in [-0.1, -0.05) is 12.1 Å². The zero-order chi connectivity index (χ0) is 19.7. The molecule has 0 saturated carbocycles. The van der Waals surface area contributed by atoms with Gasteiger partial charge >= 0.3 is 6.09 Å². The zero-order valence-corrected chi connectivity index (χ0v) is 15.9. The highest BCUT2D eigenvalue weighted by atomic mass is 16.6. The molecule has 7 nitrogen and oxygen atoms in total. The SMILES string of the molecule is Cc1cccc(NC(=O)/C(C#N)=C\NCCNC(=O)OC(C)(C)C)c1C. The van der Waals surface area contributed by atoms with Crippen LogP contribution < -0.4 is 16.0 Å². The standard InChI is InChI=1S/C19H26N4O3/c1-13-7-6-8-16(14(13)2)23-17(24)15(11-20)12-21-9-10-22-18(25)26-19(3,4)5/h6-8,12,21H,9-10H2,1-5H3,(H,22,25)(H,23,24)/b15-12-. The number of benzene rings is 1. The normalized spacial score (nSPS) is 11.3. The molecule has 0 heterocycles. The van der Waals surface area contributed by atoms with Crippen LogP contribution in [0.15, 0.2) is 30.0 Å². The van der Waals surface area contributed by atoms with Crippen molar-refractivity contribution in [1.29, 1.82) is 5.26 Å². The number of carbonyl (C=O) groups excluding carboxylic acids is 2. The molecular weight excluding hydrogens is 332 g/mol. The number of nitrogens with zero attached hydrogens (tertiary/aromatic N) is 1. The van der Waals surface area contributed by atoms with Gasteiger partial charge in [0.2, 0.25) is 0 Å². The fourth-order valence-electron chi connectivity index (χ4n) is 1.95. The molecule has 0 fully saturated rings. The number of hydrogen-bond acceptors (Lipinski definition) is 5. The van der Waals surface area contributed by atoms with Crippen molar-refractivity contribution in [3.05, 3.63) is 41.1 Å². The van der Waals surface area contributed by atoms with E-state index >= 15 is 0 Å². The fraction of sp³-hybridized carbons (Fsp3) is 0.421. The third-order valence-corrected chi connectivity index (χ3v) is 3.40. The van der Waals surface area contributed by atoms with Gasteiger partial charge in [-0.25, -0.2) is 4.79 Å². The molecule has 2 amide bonds. The Bertz CT molecular complexity index is 727. The summed E-state index contributed by atoms with van der Waals surface area (Å²) in [6, 6.07) is 7.44. The summed E-state index contributed by atoms with van der Waals surface area (Å²) in [6.45, 7) is 9.83. The maximum atomic E-state index is 12.2. The Morgan fingerprint density at radius 1 is 1.23 bits per heavy atom. The van der Waals surface area contributed by atoms with Crippen molar-refractivity contribution in [3.8, 4) is 6.07 Å². The van der Waals surface area contributed by atoms with Gasteiger partial charge in [0.1, 0.15) is 17.2 Å². The van der Waals surface area contributed by atoms with Crippen molar-refractivity contribution in [2.24, 2.45) is 0 Å². The summed E-state index contributed by atoms with van der Waals surface area (Å²) in [5, 5.41) is 17.3. The van der Waals surface area contributed by atoms with Gasteiger partial charge in [-0.2, -0.15) is 5.26 Å². The van der Waals surface area contributed by atoms with Crippen LogP contribution >= 0.6 is 0 Å². The molecule has 0 bridgehead atoms. The van der Waals surface area contributed by atoms with E-state index in [0.29, 0.717) is 18.8 Å². The Morgan fingerprint density at radius 2 is 1.92 bits per heavy atom. The molecule has 0 radical (unpaired) electrons. The quantitative estimate of drug-likeness (QED) is 0.412. The fourth-order valence-corrected chi connectivity index (χ4v) is 1.95. The molecule has 0 aliphatic carbocycles. The summed E-state index contributed by atoms with van der Waals surface area (Å²) in [5.41, 5.74) is 2.06. The Hall–Kier alpha value is -3.01. The molecule has 0 atom stereocenters. The molecule has 0 spiro atoms. The molecule has 1 rings (SSSR count). The molecular formula is C19H26N4O3. The van der Waals surface area contributed by atoms with Crippen molar-refractivity contribution >= 4 is 17.7 Å². The van der Waals surface area contributed by atoms with Gasteiger partial charge < -0.3 is 20.7 Å². The number of hydrogen-bond donors (Lipinski definition) is 3. The van der Waals surface area contributed by atoms with Crippen molar-refractivity contribution < 1.29 is 14.3 Å². The van der Waals surface area contributed by atoms with Gasteiger partial charge in [0.15, 0.2) is 0 Å². The number of nitrogens with one attached hydrogen (secondary N) is 3. The van der Waals surface area contributed by atoms with E-state index in [0.717, 1.165) is 11.1 Å². The molecule has 0 aliphatic rings. The number of anilines is 1. The minimum Gasteiger partial charge on any atom is -0.444 e. The molecule has 0 saturated heterocycles. The average Bonchev–Trinajstić information content (AvgIpc) is 2.53. The maximum Gasteiger partial charge on any atom is 0.407 e. The largest absolute Gasteiger partial charge is 0.444 e. The monoisotopic (exact) mass is 358 g/mol. The summed E-state index contributed by atoms with van der Waals surface area (Å²) in [6.07, 6.45) is 0.813. The van der Waals surface area contributed by atoms with Crippen LogP contribution in [0.3, 0.4) is 0 Å². The van der Waals surface area contributed by atoms with Crippen LogP contribution in [0.5, 0.6) is 0 Å². The molecule has 3 N–H and O–H groups in total. The van der Waals surface area contributed by atoms with E-state index in [9.17, 15) is 9.59 Å². The molecule has 26 heavy (non-hydrogen) atoms. The first-order valence-electron chi connectivity index (χ1n) is 8.32. The van der Waals surface area contributed by atoms with E-state index in [1.54, 1.807) is 26.8 Å². The van der Waals surface area contributed by atoms with Gasteiger partial charge in [0.05, 0.1) is 0 Å². The minimum atomic E-state index is -0.558. The Balaban J connectivity index is 2.50. The van der Waals surface area contributed by atoms with Gasteiger partial charge in [0.25, 0.3) is 5.91 Å². The lowest BCUT2D eigenvalue weighted by Crippen LogP contribution is -2.35. The van der Waals surface area contributed by atoms with Gasteiger partial charge in [-0.15, -0.1) is 0 Å². The first kappa shape index (κ1) is 21.0. The zero-order valence-electron chi connectivity index (χ0n) is 15.9.